The van der Waals surface area contributed by atoms with E-state index in [9.17, 15) is 0 Å². The second-order valence-electron chi connectivity index (χ2n) is 3.84. The van der Waals surface area contributed by atoms with E-state index in [1.165, 1.54) is 5.56 Å². The van der Waals surface area contributed by atoms with Crippen LogP contribution >= 0.6 is 11.6 Å². The van der Waals surface area contributed by atoms with Gasteiger partial charge in [-0.05, 0) is 30.0 Å². The molecule has 0 spiro atoms. The average Bonchev–Trinajstić information content (AvgIpc) is 2.13. The van der Waals surface area contributed by atoms with Crippen molar-refractivity contribution in [3.05, 3.63) is 34.3 Å². The first-order chi connectivity index (χ1) is 6.57. The van der Waals surface area contributed by atoms with E-state index in [-0.39, 0.29) is 6.04 Å². The van der Waals surface area contributed by atoms with Gasteiger partial charge in [-0.1, -0.05) is 37.6 Å². The minimum absolute atomic E-state index is 0.161. The van der Waals surface area contributed by atoms with Gasteiger partial charge in [0.1, 0.15) is 0 Å². The Morgan fingerprint density at radius 1 is 1.36 bits per heavy atom. The molecule has 1 unspecified atom stereocenters. The van der Waals surface area contributed by atoms with Crippen LogP contribution in [0.25, 0.3) is 0 Å². The molecule has 0 saturated carbocycles. The van der Waals surface area contributed by atoms with Crippen molar-refractivity contribution in [2.24, 2.45) is 11.8 Å². The molecule has 1 aromatic carbocycles. The molecule has 0 fully saturated rings. The fraction of sp³-hybridized carbons (Fsp3) is 0.455. The molecule has 3 heteroatoms. The van der Waals surface area contributed by atoms with Gasteiger partial charge in [0.05, 0.1) is 0 Å². The van der Waals surface area contributed by atoms with Crippen molar-refractivity contribution >= 4 is 11.6 Å². The molecule has 78 valence electrons. The van der Waals surface area contributed by atoms with E-state index < -0.39 is 0 Å². The number of nitrogens with two attached hydrogens (primary N) is 1. The van der Waals surface area contributed by atoms with Crippen LogP contribution in [-0.2, 0) is 0 Å². The lowest BCUT2D eigenvalue weighted by Gasteiger charge is -2.22. The van der Waals surface area contributed by atoms with Gasteiger partial charge in [0.2, 0.25) is 0 Å². The van der Waals surface area contributed by atoms with Gasteiger partial charge in [-0.25, -0.2) is 0 Å². The molecule has 0 saturated heterocycles. The summed E-state index contributed by atoms with van der Waals surface area (Å²) < 4.78 is 0. The summed E-state index contributed by atoms with van der Waals surface area (Å²) in [4.78, 5) is 0. The lowest BCUT2D eigenvalue weighted by atomic mass is 9.93. The van der Waals surface area contributed by atoms with E-state index in [0.717, 1.165) is 10.6 Å². The van der Waals surface area contributed by atoms with Crippen LogP contribution in [0.5, 0.6) is 0 Å². The number of hydrogen-bond donors (Lipinski definition) is 2. The molecule has 0 amide bonds. The molecule has 1 atom stereocenters. The predicted octanol–water partition coefficient (Wildman–Crippen LogP) is 2.81. The van der Waals surface area contributed by atoms with E-state index in [0.29, 0.717) is 5.92 Å². The second-order valence-corrected chi connectivity index (χ2v) is 4.25. The fourth-order valence-corrected chi connectivity index (χ4v) is 1.78. The third-order valence-corrected chi connectivity index (χ3v) is 2.90. The number of nitrogens with one attached hydrogen (secondary N) is 1. The third kappa shape index (κ3) is 2.27. The summed E-state index contributed by atoms with van der Waals surface area (Å²) in [7, 11) is 0. The maximum atomic E-state index is 6.05. The van der Waals surface area contributed by atoms with E-state index >= 15 is 0 Å². The lowest BCUT2D eigenvalue weighted by molar-refractivity contribution is 0.419. The van der Waals surface area contributed by atoms with Gasteiger partial charge >= 0.3 is 0 Å². The molecular formula is C11H17ClN2. The van der Waals surface area contributed by atoms with Crippen LogP contribution in [0.1, 0.15) is 31.0 Å². The van der Waals surface area contributed by atoms with Crippen molar-refractivity contribution in [3.63, 3.8) is 0 Å². The number of benzene rings is 1. The molecule has 1 rings (SSSR count). The van der Waals surface area contributed by atoms with Crippen molar-refractivity contribution in [1.29, 1.82) is 0 Å². The summed E-state index contributed by atoms with van der Waals surface area (Å²) in [5.41, 5.74) is 5.11. The van der Waals surface area contributed by atoms with Crippen molar-refractivity contribution in [3.8, 4) is 0 Å². The van der Waals surface area contributed by atoms with Gasteiger partial charge in [0, 0.05) is 11.1 Å². The van der Waals surface area contributed by atoms with Crippen LogP contribution < -0.4 is 11.3 Å². The van der Waals surface area contributed by atoms with E-state index in [1.54, 1.807) is 0 Å². The maximum Gasteiger partial charge on any atom is 0.0486 e. The first-order valence-electron chi connectivity index (χ1n) is 4.79. The zero-order valence-electron chi connectivity index (χ0n) is 8.84. The summed E-state index contributed by atoms with van der Waals surface area (Å²) in [5, 5.41) is 0.795. The van der Waals surface area contributed by atoms with Gasteiger partial charge in [0.25, 0.3) is 0 Å². The zero-order valence-corrected chi connectivity index (χ0v) is 9.60. The Balaban J connectivity index is 3.10. The van der Waals surface area contributed by atoms with Crippen LogP contribution in [0, 0.1) is 12.8 Å². The monoisotopic (exact) mass is 212 g/mol. The topological polar surface area (TPSA) is 38.0 Å². The molecule has 0 aliphatic heterocycles. The first kappa shape index (κ1) is 11.5. The Hall–Kier alpha value is -0.570. The molecule has 0 aliphatic rings. The minimum atomic E-state index is 0.161. The summed E-state index contributed by atoms with van der Waals surface area (Å²) >= 11 is 6.05. The molecule has 0 bridgehead atoms. The van der Waals surface area contributed by atoms with Crippen LogP contribution in [0.3, 0.4) is 0 Å². The van der Waals surface area contributed by atoms with Crippen LogP contribution in [0.2, 0.25) is 5.02 Å². The molecule has 0 aliphatic carbocycles. The molecule has 1 aromatic rings. The largest absolute Gasteiger partial charge is 0.271 e. The highest BCUT2D eigenvalue weighted by molar-refractivity contribution is 6.31. The molecule has 0 heterocycles. The summed E-state index contributed by atoms with van der Waals surface area (Å²) in [5.74, 6) is 5.97. The standard InChI is InChI=1S/C11H17ClN2/c1-7(2)11(14-13)9-5-4-6-10(12)8(9)3/h4-7,11,14H,13H2,1-3H3. The first-order valence-corrected chi connectivity index (χ1v) is 5.17. The van der Waals surface area contributed by atoms with E-state index in [1.807, 2.05) is 19.1 Å². The number of rotatable bonds is 3. The van der Waals surface area contributed by atoms with Gasteiger partial charge in [0.15, 0.2) is 0 Å². The molecule has 0 aromatic heterocycles. The third-order valence-electron chi connectivity index (χ3n) is 2.49. The lowest BCUT2D eigenvalue weighted by Crippen LogP contribution is -2.32. The highest BCUT2D eigenvalue weighted by Crippen LogP contribution is 2.27. The van der Waals surface area contributed by atoms with Gasteiger partial charge in [-0.15, -0.1) is 0 Å². The smallest absolute Gasteiger partial charge is 0.0486 e. The van der Waals surface area contributed by atoms with E-state index in [4.69, 9.17) is 17.4 Å². The minimum Gasteiger partial charge on any atom is -0.271 e. The predicted molar refractivity (Wildman–Crippen MR) is 61.1 cm³/mol. The molecule has 14 heavy (non-hydrogen) atoms. The molecule has 2 nitrogen and oxygen atoms in total. The van der Waals surface area contributed by atoms with E-state index in [2.05, 4.69) is 25.3 Å². The summed E-state index contributed by atoms with van der Waals surface area (Å²) in [6.07, 6.45) is 0. The Kier molecular flexibility index (Phi) is 3.93. The molecular weight excluding hydrogens is 196 g/mol. The Labute approximate surface area is 90.4 Å². The van der Waals surface area contributed by atoms with Crippen molar-refractivity contribution in [2.75, 3.05) is 0 Å². The van der Waals surface area contributed by atoms with Crippen LogP contribution in [-0.4, -0.2) is 0 Å². The highest BCUT2D eigenvalue weighted by atomic mass is 35.5. The van der Waals surface area contributed by atoms with Crippen LogP contribution in [0.4, 0.5) is 0 Å². The van der Waals surface area contributed by atoms with Gasteiger partial charge in [-0.3, -0.25) is 11.3 Å². The Morgan fingerprint density at radius 2 is 2.00 bits per heavy atom. The highest BCUT2D eigenvalue weighted by Gasteiger charge is 2.16. The maximum absolute atomic E-state index is 6.05. The van der Waals surface area contributed by atoms with Crippen molar-refractivity contribution in [2.45, 2.75) is 26.8 Å². The molecule has 0 radical (unpaired) electrons. The number of hydrogen-bond acceptors (Lipinski definition) is 2. The summed E-state index contributed by atoms with van der Waals surface area (Å²) in [6.45, 7) is 6.28. The SMILES string of the molecule is Cc1c(Cl)cccc1C(NN)C(C)C. The quantitative estimate of drug-likeness (QED) is 0.598. The second kappa shape index (κ2) is 4.78. The zero-order chi connectivity index (χ0) is 10.7. The van der Waals surface area contributed by atoms with Crippen LogP contribution in [0.15, 0.2) is 18.2 Å². The van der Waals surface area contributed by atoms with Gasteiger partial charge in [-0.2, -0.15) is 0 Å². The van der Waals surface area contributed by atoms with Crippen molar-refractivity contribution in [1.82, 2.24) is 5.43 Å². The van der Waals surface area contributed by atoms with Crippen molar-refractivity contribution < 1.29 is 0 Å². The normalized spacial score (nSPS) is 13.3. The Bertz CT molecular complexity index is 310. The summed E-state index contributed by atoms with van der Waals surface area (Å²) in [6, 6.07) is 6.07. The average molecular weight is 213 g/mol. The number of halogens is 1. The fourth-order valence-electron chi connectivity index (χ4n) is 1.60. The number of hydrazine groups is 1. The molecule has 3 N–H and O–H groups in total. The van der Waals surface area contributed by atoms with Gasteiger partial charge < -0.3 is 0 Å². The Morgan fingerprint density at radius 3 is 2.50 bits per heavy atom.